The summed E-state index contributed by atoms with van der Waals surface area (Å²) >= 11 is 0. The molecule has 0 aromatic carbocycles. The van der Waals surface area contributed by atoms with Crippen molar-refractivity contribution in [2.75, 3.05) is 6.54 Å². The van der Waals surface area contributed by atoms with Crippen LogP contribution < -0.4 is 0 Å². The van der Waals surface area contributed by atoms with Gasteiger partial charge in [0.2, 0.25) is 0 Å². The fourth-order valence-corrected chi connectivity index (χ4v) is 11.0. The number of rotatable bonds is 1. The largest absolute Gasteiger partial charge is 0.463 e. The average molecular weight is 387 g/mol. The SMILES string of the molecule is C=C1C[C@@]23C[C@H]4[C@H]5[C@@]6(C)C[C@@H](OC(C)=O)C[C@]57[C@@H]2[C@H](O)[C@H]1[C@@H](O)[C@@]3(O)[C@H]7N4C6. The highest BCUT2D eigenvalue weighted by Crippen LogP contribution is 2.88. The van der Waals surface area contributed by atoms with Crippen LogP contribution >= 0.6 is 0 Å². The number of aliphatic hydroxyl groups is 3. The predicted octanol–water partition coefficient (Wildman–Crippen LogP) is 0.450. The first-order valence-electron chi connectivity index (χ1n) is 10.8. The summed E-state index contributed by atoms with van der Waals surface area (Å²) in [5.74, 6) is -0.379. The third kappa shape index (κ3) is 1.26. The van der Waals surface area contributed by atoms with Gasteiger partial charge < -0.3 is 20.1 Å². The summed E-state index contributed by atoms with van der Waals surface area (Å²) in [6.45, 7) is 8.85. The Bertz CT molecular complexity index is 860. The number of nitrogens with zero attached hydrogens (tertiary/aromatic N) is 1. The maximum Gasteiger partial charge on any atom is 0.302 e. The standard InChI is InChI=1S/C22H29NO5/c1-9-4-20-7-12-15-19(3)5-11(28-10(2)24)6-21(15)16(20)14(25)13(9)17(26)22(20,27)18(21)23(12)8-19/h11-18,25-27H,1,4-8H2,2-3H3/t11-,12+,13+,14-,15+,16-,17-,18+,19+,20-,21-,22-/m1/s1. The number of piperidine rings is 2. The Balaban J connectivity index is 1.49. The van der Waals surface area contributed by atoms with Crippen molar-refractivity contribution < 1.29 is 24.9 Å². The van der Waals surface area contributed by atoms with Crippen LogP contribution in [0.25, 0.3) is 0 Å². The molecule has 3 aliphatic heterocycles. The maximum absolute atomic E-state index is 12.2. The Morgan fingerprint density at radius 3 is 2.71 bits per heavy atom. The molecule has 1 unspecified atom stereocenters. The summed E-state index contributed by atoms with van der Waals surface area (Å²) in [6.07, 6.45) is 1.27. The maximum atomic E-state index is 12.2. The highest BCUT2D eigenvalue weighted by molar-refractivity contribution is 5.66. The van der Waals surface area contributed by atoms with Crippen LogP contribution in [-0.2, 0) is 9.53 Å². The van der Waals surface area contributed by atoms with Gasteiger partial charge in [0.25, 0.3) is 0 Å². The van der Waals surface area contributed by atoms with Crippen molar-refractivity contribution in [1.29, 1.82) is 0 Å². The zero-order valence-corrected chi connectivity index (χ0v) is 16.5. The fraction of sp³-hybridized carbons (Fsp3) is 0.864. The Morgan fingerprint density at radius 1 is 1.25 bits per heavy atom. The second-order valence-corrected chi connectivity index (χ2v) is 11.5. The highest BCUT2D eigenvalue weighted by atomic mass is 16.5. The van der Waals surface area contributed by atoms with Crippen LogP contribution in [-0.4, -0.2) is 68.7 Å². The minimum atomic E-state index is -1.20. The molecule has 0 aromatic heterocycles. The van der Waals surface area contributed by atoms with Crippen LogP contribution in [0.15, 0.2) is 12.2 Å². The first-order chi connectivity index (χ1) is 13.1. The van der Waals surface area contributed by atoms with Gasteiger partial charge in [0, 0.05) is 48.2 Å². The Labute approximate surface area is 164 Å². The molecule has 9 rings (SSSR count). The molecule has 3 N–H and O–H groups in total. The van der Waals surface area contributed by atoms with Gasteiger partial charge in [-0.05, 0) is 37.0 Å². The summed E-state index contributed by atoms with van der Waals surface area (Å²) in [7, 11) is 0. The lowest BCUT2D eigenvalue weighted by molar-refractivity contribution is -0.280. The fourth-order valence-electron chi connectivity index (χ4n) is 11.0. The highest BCUT2D eigenvalue weighted by Gasteiger charge is 2.94. The van der Waals surface area contributed by atoms with Crippen LogP contribution in [0, 0.1) is 34.0 Å². The van der Waals surface area contributed by atoms with E-state index in [1.54, 1.807) is 0 Å². The number of carbonyl (C=O) groups is 1. The molecule has 6 heteroatoms. The molecule has 2 spiro atoms. The van der Waals surface area contributed by atoms with Gasteiger partial charge in [-0.15, -0.1) is 0 Å². The molecule has 9 fully saturated rings. The number of esters is 1. The minimum absolute atomic E-state index is 0.0237. The van der Waals surface area contributed by atoms with E-state index in [1.165, 1.54) is 6.92 Å². The van der Waals surface area contributed by atoms with E-state index < -0.39 is 29.1 Å². The second kappa shape index (κ2) is 4.25. The topological polar surface area (TPSA) is 90.2 Å². The normalized spacial score (nSPS) is 69.3. The van der Waals surface area contributed by atoms with Gasteiger partial charge in [-0.1, -0.05) is 19.1 Å². The number of fused-ring (bicyclic) bond motifs is 1. The van der Waals surface area contributed by atoms with Crippen LogP contribution in [0.2, 0.25) is 0 Å². The molecule has 13 atom stereocenters. The lowest BCUT2D eigenvalue weighted by Crippen LogP contribution is -2.76. The summed E-state index contributed by atoms with van der Waals surface area (Å²) in [5, 5.41) is 35.1. The molecule has 6 saturated carbocycles. The molecule has 9 bridgehead atoms. The molecular weight excluding hydrogens is 358 g/mol. The van der Waals surface area contributed by atoms with E-state index in [9.17, 15) is 20.1 Å². The van der Waals surface area contributed by atoms with Crippen molar-refractivity contribution >= 4 is 5.97 Å². The molecule has 0 amide bonds. The molecule has 152 valence electrons. The van der Waals surface area contributed by atoms with E-state index in [4.69, 9.17) is 4.74 Å². The molecular formula is C22H29NO5. The third-order valence-corrected chi connectivity index (χ3v) is 10.6. The third-order valence-electron chi connectivity index (χ3n) is 10.6. The van der Waals surface area contributed by atoms with Gasteiger partial charge in [-0.3, -0.25) is 9.69 Å². The predicted molar refractivity (Wildman–Crippen MR) is 97.9 cm³/mol. The monoisotopic (exact) mass is 387 g/mol. The summed E-state index contributed by atoms with van der Waals surface area (Å²) in [5.41, 5.74) is -1.07. The van der Waals surface area contributed by atoms with Gasteiger partial charge in [-0.2, -0.15) is 0 Å². The Hall–Kier alpha value is -0.950. The van der Waals surface area contributed by atoms with Gasteiger partial charge in [-0.25, -0.2) is 0 Å². The van der Waals surface area contributed by atoms with Gasteiger partial charge >= 0.3 is 5.97 Å². The van der Waals surface area contributed by atoms with E-state index in [0.29, 0.717) is 24.8 Å². The van der Waals surface area contributed by atoms with Crippen molar-refractivity contribution in [3.8, 4) is 0 Å². The van der Waals surface area contributed by atoms with Crippen molar-refractivity contribution in [2.24, 2.45) is 34.0 Å². The van der Waals surface area contributed by atoms with Crippen molar-refractivity contribution in [3.63, 3.8) is 0 Å². The number of hydrogen-bond acceptors (Lipinski definition) is 6. The van der Waals surface area contributed by atoms with Crippen LogP contribution in [0.3, 0.4) is 0 Å². The second-order valence-electron chi connectivity index (χ2n) is 11.5. The molecule has 6 nitrogen and oxygen atoms in total. The van der Waals surface area contributed by atoms with Crippen LogP contribution in [0.5, 0.6) is 0 Å². The summed E-state index contributed by atoms with van der Waals surface area (Å²) in [6, 6.07) is 0.245. The van der Waals surface area contributed by atoms with E-state index in [-0.39, 0.29) is 34.9 Å². The number of carbonyl (C=O) groups excluding carboxylic acids is 1. The first-order valence-corrected chi connectivity index (χ1v) is 10.8. The summed E-state index contributed by atoms with van der Waals surface area (Å²) in [4.78, 5) is 14.3. The molecule has 3 saturated heterocycles. The van der Waals surface area contributed by atoms with Gasteiger partial charge in [0.15, 0.2) is 0 Å². The molecule has 3 heterocycles. The molecule has 9 aliphatic rings. The Kier molecular flexibility index (Phi) is 2.55. The number of hydrogen-bond donors (Lipinski definition) is 3. The number of aliphatic hydroxyl groups excluding tert-OH is 2. The van der Waals surface area contributed by atoms with Gasteiger partial charge in [0.1, 0.15) is 11.7 Å². The summed E-state index contributed by atoms with van der Waals surface area (Å²) < 4.78 is 5.75. The van der Waals surface area contributed by atoms with Crippen molar-refractivity contribution in [2.45, 2.75) is 75.5 Å². The quantitative estimate of drug-likeness (QED) is 0.447. The van der Waals surface area contributed by atoms with Crippen molar-refractivity contribution in [3.05, 3.63) is 12.2 Å². The van der Waals surface area contributed by atoms with Gasteiger partial charge in [0.05, 0.1) is 12.2 Å². The van der Waals surface area contributed by atoms with Crippen molar-refractivity contribution in [1.82, 2.24) is 4.90 Å². The zero-order chi connectivity index (χ0) is 19.6. The average Bonchev–Trinajstić information content (AvgIpc) is 2.97. The van der Waals surface area contributed by atoms with Crippen LogP contribution in [0.4, 0.5) is 0 Å². The Morgan fingerprint density at radius 2 is 2.00 bits per heavy atom. The van der Waals surface area contributed by atoms with E-state index in [1.807, 2.05) is 0 Å². The molecule has 6 aliphatic carbocycles. The van der Waals surface area contributed by atoms with Crippen LogP contribution in [0.1, 0.15) is 39.5 Å². The van der Waals surface area contributed by atoms with E-state index in [0.717, 1.165) is 25.0 Å². The smallest absolute Gasteiger partial charge is 0.302 e. The zero-order valence-electron chi connectivity index (χ0n) is 16.5. The van der Waals surface area contributed by atoms with E-state index >= 15 is 0 Å². The lowest BCUT2D eigenvalue weighted by atomic mass is 9.39. The number of ether oxygens (including phenoxy) is 1. The minimum Gasteiger partial charge on any atom is -0.463 e. The lowest BCUT2D eigenvalue weighted by Gasteiger charge is -2.67. The molecule has 0 aromatic rings. The van der Waals surface area contributed by atoms with E-state index in [2.05, 4.69) is 18.4 Å². The molecule has 28 heavy (non-hydrogen) atoms. The molecule has 0 radical (unpaired) electrons. The first kappa shape index (κ1) is 16.8.